The van der Waals surface area contributed by atoms with Gasteiger partial charge in [0.05, 0.1) is 6.26 Å². The Hall–Kier alpha value is -1.33. The van der Waals surface area contributed by atoms with E-state index < -0.39 is 0 Å². The molecule has 2 heterocycles. The lowest BCUT2D eigenvalue weighted by Crippen LogP contribution is -2.49. The number of aryl methyl sites for hydroxylation is 1. The summed E-state index contributed by atoms with van der Waals surface area (Å²) < 4.78 is 5.23. The van der Waals surface area contributed by atoms with Crippen molar-refractivity contribution in [1.82, 2.24) is 9.80 Å². The van der Waals surface area contributed by atoms with E-state index >= 15 is 0 Å². The second-order valence-corrected chi connectivity index (χ2v) is 4.59. The molecule has 18 heavy (non-hydrogen) atoms. The van der Waals surface area contributed by atoms with Crippen molar-refractivity contribution in [2.24, 2.45) is 5.73 Å². The Balaban J connectivity index is 1.70. The third-order valence-corrected chi connectivity index (χ3v) is 3.34. The van der Waals surface area contributed by atoms with Gasteiger partial charge in [-0.1, -0.05) is 0 Å². The van der Waals surface area contributed by atoms with E-state index in [1.165, 1.54) is 0 Å². The molecular formula is C13H21N3O2. The van der Waals surface area contributed by atoms with Crippen molar-refractivity contribution in [2.75, 3.05) is 39.3 Å². The number of carbonyl (C=O) groups excluding carboxylic acids is 1. The second kappa shape index (κ2) is 6.56. The van der Waals surface area contributed by atoms with Crippen molar-refractivity contribution < 1.29 is 9.21 Å². The Morgan fingerprint density at radius 1 is 1.33 bits per heavy atom. The molecule has 1 aliphatic rings. The van der Waals surface area contributed by atoms with Gasteiger partial charge in [0, 0.05) is 52.1 Å². The van der Waals surface area contributed by atoms with Gasteiger partial charge in [-0.05, 0) is 12.1 Å². The number of carbonyl (C=O) groups is 1. The van der Waals surface area contributed by atoms with Gasteiger partial charge in [0.25, 0.3) is 0 Å². The van der Waals surface area contributed by atoms with Crippen molar-refractivity contribution in [1.29, 1.82) is 0 Å². The molecule has 2 rings (SSSR count). The molecule has 1 saturated heterocycles. The topological polar surface area (TPSA) is 62.7 Å². The fraction of sp³-hybridized carbons (Fsp3) is 0.615. The largest absolute Gasteiger partial charge is 0.469 e. The Morgan fingerprint density at radius 3 is 2.72 bits per heavy atom. The van der Waals surface area contributed by atoms with Gasteiger partial charge >= 0.3 is 0 Å². The van der Waals surface area contributed by atoms with Crippen molar-refractivity contribution in [2.45, 2.75) is 12.8 Å². The van der Waals surface area contributed by atoms with E-state index in [1.54, 1.807) is 6.26 Å². The molecule has 1 fully saturated rings. The van der Waals surface area contributed by atoms with Crippen LogP contribution >= 0.6 is 0 Å². The first-order valence-corrected chi connectivity index (χ1v) is 6.52. The molecule has 0 radical (unpaired) electrons. The van der Waals surface area contributed by atoms with Crippen molar-refractivity contribution in [3.63, 3.8) is 0 Å². The minimum absolute atomic E-state index is 0.221. The summed E-state index contributed by atoms with van der Waals surface area (Å²) in [5, 5.41) is 0. The Morgan fingerprint density at radius 2 is 2.11 bits per heavy atom. The molecule has 5 heteroatoms. The summed E-state index contributed by atoms with van der Waals surface area (Å²) in [6.07, 6.45) is 2.87. The predicted molar refractivity (Wildman–Crippen MR) is 69.1 cm³/mol. The number of hydrogen-bond donors (Lipinski definition) is 1. The van der Waals surface area contributed by atoms with Crippen LogP contribution in [-0.4, -0.2) is 55.0 Å². The molecule has 1 amide bonds. The van der Waals surface area contributed by atoms with E-state index in [2.05, 4.69) is 4.90 Å². The van der Waals surface area contributed by atoms with E-state index in [0.29, 0.717) is 19.4 Å². The number of nitrogens with two attached hydrogens (primary N) is 1. The molecule has 1 aromatic rings. The Labute approximate surface area is 108 Å². The van der Waals surface area contributed by atoms with Crippen LogP contribution in [0.25, 0.3) is 0 Å². The highest BCUT2D eigenvalue weighted by atomic mass is 16.3. The van der Waals surface area contributed by atoms with E-state index in [0.717, 1.165) is 38.5 Å². The number of piperazine rings is 1. The van der Waals surface area contributed by atoms with Crippen LogP contribution in [0.5, 0.6) is 0 Å². The predicted octanol–water partition coefficient (Wildman–Crippen LogP) is 0.315. The third kappa shape index (κ3) is 3.58. The molecule has 1 aromatic heterocycles. The lowest BCUT2D eigenvalue weighted by atomic mass is 10.2. The van der Waals surface area contributed by atoms with E-state index in [-0.39, 0.29) is 5.91 Å². The molecule has 0 aliphatic carbocycles. The van der Waals surface area contributed by atoms with Crippen LogP contribution < -0.4 is 5.73 Å². The Bertz CT molecular complexity index is 356. The summed E-state index contributed by atoms with van der Waals surface area (Å²) in [4.78, 5) is 16.2. The maximum atomic E-state index is 12.0. The van der Waals surface area contributed by atoms with Crippen molar-refractivity contribution >= 4 is 5.91 Å². The second-order valence-electron chi connectivity index (χ2n) is 4.59. The molecule has 0 spiro atoms. The van der Waals surface area contributed by atoms with Gasteiger partial charge in [-0.2, -0.15) is 0 Å². The Kier molecular flexibility index (Phi) is 4.78. The summed E-state index contributed by atoms with van der Waals surface area (Å²) in [7, 11) is 0. The molecule has 1 aliphatic heterocycles. The minimum Gasteiger partial charge on any atom is -0.469 e. The zero-order valence-electron chi connectivity index (χ0n) is 10.7. The van der Waals surface area contributed by atoms with Gasteiger partial charge in [-0.3, -0.25) is 9.69 Å². The zero-order valence-corrected chi connectivity index (χ0v) is 10.7. The molecule has 0 aromatic carbocycles. The van der Waals surface area contributed by atoms with E-state index in [4.69, 9.17) is 10.2 Å². The highest BCUT2D eigenvalue weighted by Crippen LogP contribution is 2.08. The summed E-state index contributed by atoms with van der Waals surface area (Å²) in [6, 6.07) is 3.76. The lowest BCUT2D eigenvalue weighted by Gasteiger charge is -2.34. The van der Waals surface area contributed by atoms with E-state index in [1.807, 2.05) is 17.0 Å². The van der Waals surface area contributed by atoms with Crippen LogP contribution in [0.2, 0.25) is 0 Å². The van der Waals surface area contributed by atoms with Crippen LogP contribution in [0.15, 0.2) is 22.8 Å². The SMILES string of the molecule is NCCN1CCN(C(=O)CCc2ccco2)CC1. The highest BCUT2D eigenvalue weighted by molar-refractivity contribution is 5.76. The van der Waals surface area contributed by atoms with Crippen LogP contribution in [0, 0.1) is 0 Å². The third-order valence-electron chi connectivity index (χ3n) is 3.34. The van der Waals surface area contributed by atoms with Gasteiger partial charge < -0.3 is 15.1 Å². The molecule has 5 nitrogen and oxygen atoms in total. The number of rotatable bonds is 5. The molecule has 2 N–H and O–H groups in total. The number of amides is 1. The van der Waals surface area contributed by atoms with Crippen molar-refractivity contribution in [3.8, 4) is 0 Å². The molecule has 0 atom stereocenters. The minimum atomic E-state index is 0.221. The molecule has 100 valence electrons. The first kappa shape index (κ1) is 13.1. The maximum absolute atomic E-state index is 12.0. The fourth-order valence-corrected chi connectivity index (χ4v) is 2.25. The first-order valence-electron chi connectivity index (χ1n) is 6.52. The van der Waals surface area contributed by atoms with Gasteiger partial charge in [0.1, 0.15) is 5.76 Å². The van der Waals surface area contributed by atoms with Crippen LogP contribution in [0.1, 0.15) is 12.2 Å². The first-order chi connectivity index (χ1) is 8.79. The average molecular weight is 251 g/mol. The van der Waals surface area contributed by atoms with Crippen LogP contribution in [0.3, 0.4) is 0 Å². The van der Waals surface area contributed by atoms with Gasteiger partial charge in [-0.15, -0.1) is 0 Å². The standard InChI is InChI=1S/C13H21N3O2/c14-5-6-15-7-9-16(10-8-15)13(17)4-3-12-2-1-11-18-12/h1-2,11H,3-10,14H2. The molecule has 0 unspecified atom stereocenters. The van der Waals surface area contributed by atoms with Crippen molar-refractivity contribution in [3.05, 3.63) is 24.2 Å². The van der Waals surface area contributed by atoms with Crippen LogP contribution in [0.4, 0.5) is 0 Å². The number of hydrogen-bond acceptors (Lipinski definition) is 4. The summed E-state index contributed by atoms with van der Waals surface area (Å²) in [5.74, 6) is 1.10. The van der Waals surface area contributed by atoms with E-state index in [9.17, 15) is 4.79 Å². The monoisotopic (exact) mass is 251 g/mol. The maximum Gasteiger partial charge on any atom is 0.223 e. The average Bonchev–Trinajstić information content (AvgIpc) is 2.90. The summed E-state index contributed by atoms with van der Waals surface area (Å²) in [6.45, 7) is 5.11. The molecule has 0 saturated carbocycles. The normalized spacial score (nSPS) is 17.1. The number of furan rings is 1. The molecule has 0 bridgehead atoms. The van der Waals surface area contributed by atoms with Crippen LogP contribution in [-0.2, 0) is 11.2 Å². The quantitative estimate of drug-likeness (QED) is 0.818. The molecular weight excluding hydrogens is 230 g/mol. The fourth-order valence-electron chi connectivity index (χ4n) is 2.25. The lowest BCUT2D eigenvalue weighted by molar-refractivity contribution is -0.132. The zero-order chi connectivity index (χ0) is 12.8. The summed E-state index contributed by atoms with van der Waals surface area (Å²) in [5.41, 5.74) is 5.52. The smallest absolute Gasteiger partial charge is 0.223 e. The summed E-state index contributed by atoms with van der Waals surface area (Å²) >= 11 is 0. The van der Waals surface area contributed by atoms with Gasteiger partial charge in [0.15, 0.2) is 0 Å². The highest BCUT2D eigenvalue weighted by Gasteiger charge is 2.20. The number of nitrogens with zero attached hydrogens (tertiary/aromatic N) is 2. The van der Waals surface area contributed by atoms with Gasteiger partial charge in [0.2, 0.25) is 5.91 Å². The van der Waals surface area contributed by atoms with Gasteiger partial charge in [-0.25, -0.2) is 0 Å².